The fraction of sp³-hybridized carbons (Fsp3) is 0.652. The first-order valence-corrected chi connectivity index (χ1v) is 11.5. The minimum atomic E-state index is -1.69. The minimum Gasteiger partial charge on any atom is -0.466 e. The molecule has 0 aliphatic carbocycles. The van der Waals surface area contributed by atoms with E-state index in [2.05, 4.69) is 4.74 Å². The highest BCUT2D eigenvalue weighted by Gasteiger charge is 2.54. The molecule has 202 valence electrons. The Morgan fingerprint density at radius 2 is 1.11 bits per heavy atom. The summed E-state index contributed by atoms with van der Waals surface area (Å²) in [6.45, 7) is 5.63. The summed E-state index contributed by atoms with van der Waals surface area (Å²) in [5.41, 5.74) is 0. The third-order valence-electron chi connectivity index (χ3n) is 4.75. The first-order chi connectivity index (χ1) is 17.1. The highest BCUT2D eigenvalue weighted by atomic mass is 16.7. The summed E-state index contributed by atoms with van der Waals surface area (Å²) in [4.78, 5) is 72.0. The Morgan fingerprint density at radius 1 is 0.639 bits per heavy atom. The molecular weight excluding hydrogens is 484 g/mol. The summed E-state index contributed by atoms with van der Waals surface area (Å²) < 4.78 is 36.7. The Hall–Kier alpha value is -3.48. The van der Waals surface area contributed by atoms with Gasteiger partial charge in [0.05, 0.1) is 7.11 Å². The molecule has 1 rings (SSSR count). The molecule has 0 saturated carbocycles. The zero-order valence-corrected chi connectivity index (χ0v) is 20.9. The summed E-state index contributed by atoms with van der Waals surface area (Å²) in [7, 11) is 1.11. The lowest BCUT2D eigenvalue weighted by Gasteiger charge is -2.43. The van der Waals surface area contributed by atoms with E-state index in [1.807, 2.05) is 0 Å². The Balaban J connectivity index is 3.44. The predicted molar refractivity (Wildman–Crippen MR) is 118 cm³/mol. The van der Waals surface area contributed by atoms with Crippen LogP contribution >= 0.6 is 0 Å². The molecule has 0 aromatic rings. The van der Waals surface area contributed by atoms with Crippen molar-refractivity contribution in [3.8, 4) is 0 Å². The standard InChI is InChI=1S/C23H32O13/c1-6-14(24)31-12-13-20(33-15(25)7-2)21(34-16(26)8-3)22(35-17(27)9-4)23(32-13)36-19(29)11-10-18(28)30-5/h10-11,13,20-23H,6-9,12H2,1-5H3/b11-10+/t13-,20-,21+,22-,23-/m1/s1. The van der Waals surface area contributed by atoms with Gasteiger partial charge in [0.15, 0.2) is 12.2 Å². The van der Waals surface area contributed by atoms with Crippen LogP contribution in [0.15, 0.2) is 12.2 Å². The van der Waals surface area contributed by atoms with Crippen LogP contribution in [-0.4, -0.2) is 80.2 Å². The van der Waals surface area contributed by atoms with Gasteiger partial charge < -0.3 is 33.2 Å². The van der Waals surface area contributed by atoms with E-state index in [0.29, 0.717) is 0 Å². The molecule has 1 aliphatic rings. The quantitative estimate of drug-likeness (QED) is 0.204. The zero-order chi connectivity index (χ0) is 27.3. The number of esters is 6. The van der Waals surface area contributed by atoms with E-state index in [9.17, 15) is 28.8 Å². The SMILES string of the molecule is CCC(=O)OC[C@H]1O[C@H](OC(=O)/C=C/C(=O)OC)[C@H](OC(=O)CC)[C@@H](OC(=O)CC)[C@@H]1OC(=O)CC. The average molecular weight is 516 g/mol. The van der Waals surface area contributed by atoms with Gasteiger partial charge in [-0.1, -0.05) is 27.7 Å². The molecule has 0 spiro atoms. The second-order valence-corrected chi connectivity index (χ2v) is 7.30. The van der Waals surface area contributed by atoms with Gasteiger partial charge >= 0.3 is 35.8 Å². The van der Waals surface area contributed by atoms with Gasteiger partial charge in [-0.05, 0) is 0 Å². The lowest BCUT2D eigenvalue weighted by Crippen LogP contribution is -2.63. The molecule has 0 N–H and O–H groups in total. The van der Waals surface area contributed by atoms with E-state index in [0.717, 1.165) is 19.3 Å². The molecule has 1 aliphatic heterocycles. The van der Waals surface area contributed by atoms with Crippen molar-refractivity contribution in [3.63, 3.8) is 0 Å². The number of rotatable bonds is 12. The maximum atomic E-state index is 12.3. The summed E-state index contributed by atoms with van der Waals surface area (Å²) in [6.07, 6.45) is -6.04. The fourth-order valence-corrected chi connectivity index (χ4v) is 2.85. The van der Waals surface area contributed by atoms with E-state index in [4.69, 9.17) is 28.4 Å². The van der Waals surface area contributed by atoms with Gasteiger partial charge in [-0.25, -0.2) is 9.59 Å². The molecule has 36 heavy (non-hydrogen) atoms. The second kappa shape index (κ2) is 15.5. The topological polar surface area (TPSA) is 167 Å². The van der Waals surface area contributed by atoms with Crippen molar-refractivity contribution in [2.45, 2.75) is 84.1 Å². The summed E-state index contributed by atoms with van der Waals surface area (Å²) in [6, 6.07) is 0. The third-order valence-corrected chi connectivity index (χ3v) is 4.75. The molecule has 13 nitrogen and oxygen atoms in total. The summed E-state index contributed by atoms with van der Waals surface area (Å²) in [5.74, 6) is -4.73. The number of carbonyl (C=O) groups excluding carboxylic acids is 6. The Morgan fingerprint density at radius 3 is 1.61 bits per heavy atom. The average Bonchev–Trinajstić information content (AvgIpc) is 2.88. The molecule has 1 heterocycles. The first kappa shape index (κ1) is 30.6. The number of hydrogen-bond acceptors (Lipinski definition) is 13. The van der Waals surface area contributed by atoms with Gasteiger partial charge in [0.25, 0.3) is 0 Å². The molecular formula is C23H32O13. The summed E-state index contributed by atoms with van der Waals surface area (Å²) in [5, 5.41) is 0. The van der Waals surface area contributed by atoms with Crippen molar-refractivity contribution in [2.75, 3.05) is 13.7 Å². The molecule has 1 saturated heterocycles. The van der Waals surface area contributed by atoms with Gasteiger partial charge in [-0.15, -0.1) is 0 Å². The highest BCUT2D eigenvalue weighted by Crippen LogP contribution is 2.30. The lowest BCUT2D eigenvalue weighted by molar-refractivity contribution is -0.300. The van der Waals surface area contributed by atoms with Crippen LogP contribution in [-0.2, 0) is 61.9 Å². The Kier molecular flexibility index (Phi) is 13.2. The monoisotopic (exact) mass is 516 g/mol. The van der Waals surface area contributed by atoms with E-state index in [1.54, 1.807) is 6.92 Å². The van der Waals surface area contributed by atoms with Gasteiger partial charge in [0.1, 0.15) is 12.7 Å². The largest absolute Gasteiger partial charge is 0.466 e. The molecule has 5 atom stereocenters. The van der Waals surface area contributed by atoms with Crippen molar-refractivity contribution in [1.29, 1.82) is 0 Å². The van der Waals surface area contributed by atoms with Gasteiger partial charge in [-0.3, -0.25) is 19.2 Å². The number of ether oxygens (including phenoxy) is 7. The van der Waals surface area contributed by atoms with Crippen LogP contribution in [0.1, 0.15) is 53.4 Å². The van der Waals surface area contributed by atoms with Crippen LogP contribution in [0.5, 0.6) is 0 Å². The maximum absolute atomic E-state index is 12.3. The molecule has 0 bridgehead atoms. The first-order valence-electron chi connectivity index (χ1n) is 11.5. The van der Waals surface area contributed by atoms with Crippen LogP contribution in [0, 0.1) is 0 Å². The normalized spacial score (nSPS) is 23.3. The molecule has 0 aromatic carbocycles. The van der Waals surface area contributed by atoms with Gasteiger partial charge in [-0.2, -0.15) is 0 Å². The molecule has 0 unspecified atom stereocenters. The third kappa shape index (κ3) is 9.64. The van der Waals surface area contributed by atoms with Crippen LogP contribution in [0.2, 0.25) is 0 Å². The van der Waals surface area contributed by atoms with Gasteiger partial charge in [0.2, 0.25) is 12.4 Å². The molecule has 13 heteroatoms. The maximum Gasteiger partial charge on any atom is 0.333 e. The lowest BCUT2D eigenvalue weighted by atomic mass is 9.98. The van der Waals surface area contributed by atoms with E-state index in [-0.39, 0.29) is 25.7 Å². The van der Waals surface area contributed by atoms with Crippen molar-refractivity contribution in [3.05, 3.63) is 12.2 Å². The minimum absolute atomic E-state index is 0.0356. The van der Waals surface area contributed by atoms with E-state index >= 15 is 0 Å². The molecule has 0 amide bonds. The van der Waals surface area contributed by atoms with E-state index < -0.39 is 73.1 Å². The number of hydrogen-bond donors (Lipinski definition) is 0. The summed E-state index contributed by atoms with van der Waals surface area (Å²) >= 11 is 0. The Labute approximate surface area is 208 Å². The van der Waals surface area contributed by atoms with Crippen molar-refractivity contribution < 1.29 is 61.9 Å². The number of carbonyl (C=O) groups is 6. The van der Waals surface area contributed by atoms with Crippen molar-refractivity contribution >= 4 is 35.8 Å². The van der Waals surface area contributed by atoms with E-state index in [1.165, 1.54) is 20.8 Å². The molecule has 0 aromatic heterocycles. The molecule has 1 fully saturated rings. The van der Waals surface area contributed by atoms with Crippen molar-refractivity contribution in [2.24, 2.45) is 0 Å². The van der Waals surface area contributed by atoms with Crippen LogP contribution < -0.4 is 0 Å². The van der Waals surface area contributed by atoms with Crippen LogP contribution in [0.3, 0.4) is 0 Å². The Bertz CT molecular complexity index is 834. The second-order valence-electron chi connectivity index (χ2n) is 7.30. The van der Waals surface area contributed by atoms with Crippen molar-refractivity contribution in [1.82, 2.24) is 0 Å². The smallest absolute Gasteiger partial charge is 0.333 e. The fourth-order valence-electron chi connectivity index (χ4n) is 2.85. The predicted octanol–water partition coefficient (Wildman–Crippen LogP) is 0.902. The highest BCUT2D eigenvalue weighted by molar-refractivity contribution is 5.91. The van der Waals surface area contributed by atoms with Crippen LogP contribution in [0.4, 0.5) is 0 Å². The number of methoxy groups -OCH3 is 1. The van der Waals surface area contributed by atoms with Gasteiger partial charge in [0, 0.05) is 37.8 Å². The molecule has 0 radical (unpaired) electrons. The zero-order valence-electron chi connectivity index (χ0n) is 20.9. The van der Waals surface area contributed by atoms with Crippen LogP contribution in [0.25, 0.3) is 0 Å².